The Balaban J connectivity index is 1.66. The second kappa shape index (κ2) is 7.29. The largest absolute Gasteiger partial charge is 0.478 e. The summed E-state index contributed by atoms with van der Waals surface area (Å²) in [6.07, 6.45) is 0. The number of para-hydroxylation sites is 1. The van der Waals surface area contributed by atoms with Crippen LogP contribution in [0.2, 0.25) is 0 Å². The molecule has 5 heteroatoms. The lowest BCUT2D eigenvalue weighted by Gasteiger charge is -2.08. The molecule has 0 bridgehead atoms. The number of carbonyl (C=O) groups is 2. The van der Waals surface area contributed by atoms with Crippen LogP contribution >= 0.6 is 11.3 Å². The summed E-state index contributed by atoms with van der Waals surface area (Å²) in [7, 11) is 0. The third-order valence-corrected chi connectivity index (χ3v) is 5.79. The van der Waals surface area contributed by atoms with Crippen LogP contribution in [0.4, 0.5) is 5.69 Å². The Kier molecular flexibility index (Phi) is 4.67. The van der Waals surface area contributed by atoms with Gasteiger partial charge in [0.25, 0.3) is 5.91 Å². The van der Waals surface area contributed by atoms with Crippen molar-refractivity contribution in [1.82, 2.24) is 0 Å². The molecule has 3 aromatic carbocycles. The number of carboxylic acids is 1. The Morgan fingerprint density at radius 3 is 2.43 bits per heavy atom. The number of fused-ring (bicyclic) bond motifs is 1. The fraction of sp³-hybridized carbons (Fsp3) is 0.0435. The summed E-state index contributed by atoms with van der Waals surface area (Å²) in [5, 5.41) is 16.3. The molecule has 0 atom stereocenters. The number of carboxylic acid groups (broad SMARTS) is 1. The SMILES string of the molecule is Cc1c(-c2ccc3ccccc3c2)csc1C(=O)Nc1ccccc1C(=O)O. The second-order valence-corrected chi connectivity index (χ2v) is 7.35. The van der Waals surface area contributed by atoms with E-state index >= 15 is 0 Å². The molecule has 28 heavy (non-hydrogen) atoms. The summed E-state index contributed by atoms with van der Waals surface area (Å²) in [5.41, 5.74) is 3.30. The van der Waals surface area contributed by atoms with Crippen molar-refractivity contribution < 1.29 is 14.7 Å². The highest BCUT2D eigenvalue weighted by Crippen LogP contribution is 2.33. The number of carbonyl (C=O) groups excluding carboxylic acids is 1. The minimum absolute atomic E-state index is 0.0693. The highest BCUT2D eigenvalue weighted by Gasteiger charge is 2.18. The summed E-state index contributed by atoms with van der Waals surface area (Å²) in [6, 6.07) is 20.8. The maximum absolute atomic E-state index is 12.8. The standard InChI is InChI=1S/C23H17NO3S/c1-14-19(17-11-10-15-6-2-3-7-16(15)12-17)13-28-21(14)22(25)24-20-9-5-4-8-18(20)23(26)27/h2-13H,1H3,(H,24,25)(H,26,27). The number of amides is 1. The van der Waals surface area contributed by atoms with Gasteiger partial charge in [-0.3, -0.25) is 4.79 Å². The normalized spacial score (nSPS) is 10.8. The number of hydrogen-bond acceptors (Lipinski definition) is 3. The van der Waals surface area contributed by atoms with E-state index in [1.165, 1.54) is 22.8 Å². The first-order valence-electron chi connectivity index (χ1n) is 8.75. The number of nitrogens with one attached hydrogen (secondary N) is 1. The van der Waals surface area contributed by atoms with Crippen LogP contribution in [0.15, 0.2) is 72.1 Å². The van der Waals surface area contributed by atoms with Crippen LogP contribution in [0.1, 0.15) is 25.6 Å². The van der Waals surface area contributed by atoms with Gasteiger partial charge in [0.2, 0.25) is 0 Å². The molecular weight excluding hydrogens is 370 g/mol. The van der Waals surface area contributed by atoms with E-state index in [2.05, 4.69) is 35.6 Å². The summed E-state index contributed by atoms with van der Waals surface area (Å²) in [5.74, 6) is -1.38. The molecule has 0 unspecified atom stereocenters. The van der Waals surface area contributed by atoms with Crippen LogP contribution in [-0.2, 0) is 0 Å². The van der Waals surface area contributed by atoms with Gasteiger partial charge in [0, 0.05) is 0 Å². The summed E-state index contributed by atoms with van der Waals surface area (Å²) in [4.78, 5) is 24.7. The van der Waals surface area contributed by atoms with Crippen molar-refractivity contribution in [3.63, 3.8) is 0 Å². The predicted octanol–water partition coefficient (Wildman–Crippen LogP) is 5.83. The monoisotopic (exact) mass is 387 g/mol. The smallest absolute Gasteiger partial charge is 0.337 e. The van der Waals surface area contributed by atoms with Crippen molar-refractivity contribution in [2.75, 3.05) is 5.32 Å². The zero-order valence-electron chi connectivity index (χ0n) is 15.1. The van der Waals surface area contributed by atoms with Gasteiger partial charge in [0.15, 0.2) is 0 Å². The van der Waals surface area contributed by atoms with Crippen molar-refractivity contribution in [3.05, 3.63) is 88.1 Å². The molecule has 0 aliphatic heterocycles. The van der Waals surface area contributed by atoms with Crippen molar-refractivity contribution in [2.24, 2.45) is 0 Å². The third-order valence-electron chi connectivity index (χ3n) is 4.71. The van der Waals surface area contributed by atoms with Crippen LogP contribution in [0, 0.1) is 6.92 Å². The fourth-order valence-electron chi connectivity index (χ4n) is 3.24. The molecule has 0 aliphatic rings. The van der Waals surface area contributed by atoms with Gasteiger partial charge in [-0.05, 0) is 58.0 Å². The van der Waals surface area contributed by atoms with Crippen molar-refractivity contribution >= 4 is 39.7 Å². The van der Waals surface area contributed by atoms with Crippen LogP contribution in [0.3, 0.4) is 0 Å². The van der Waals surface area contributed by atoms with E-state index in [1.54, 1.807) is 18.2 Å². The molecule has 0 radical (unpaired) electrons. The van der Waals surface area contributed by atoms with Crippen LogP contribution in [-0.4, -0.2) is 17.0 Å². The minimum atomic E-state index is -1.07. The van der Waals surface area contributed by atoms with E-state index in [0.29, 0.717) is 10.6 Å². The van der Waals surface area contributed by atoms with Crippen LogP contribution < -0.4 is 5.32 Å². The third kappa shape index (κ3) is 3.28. The van der Waals surface area contributed by atoms with Gasteiger partial charge in [0.1, 0.15) is 0 Å². The first kappa shape index (κ1) is 17.9. The van der Waals surface area contributed by atoms with E-state index in [0.717, 1.165) is 22.1 Å². The fourth-order valence-corrected chi connectivity index (χ4v) is 4.23. The second-order valence-electron chi connectivity index (χ2n) is 6.47. The van der Waals surface area contributed by atoms with E-state index < -0.39 is 5.97 Å². The maximum Gasteiger partial charge on any atom is 0.337 e. The maximum atomic E-state index is 12.8. The van der Waals surface area contributed by atoms with Gasteiger partial charge in [0.05, 0.1) is 16.1 Å². The molecule has 138 valence electrons. The molecule has 4 nitrogen and oxygen atoms in total. The molecule has 0 fully saturated rings. The Labute approximate surface area is 166 Å². The molecule has 1 heterocycles. The molecule has 1 amide bonds. The highest BCUT2D eigenvalue weighted by molar-refractivity contribution is 7.12. The number of anilines is 1. The van der Waals surface area contributed by atoms with Crippen LogP contribution in [0.25, 0.3) is 21.9 Å². The molecule has 0 aliphatic carbocycles. The highest BCUT2D eigenvalue weighted by atomic mass is 32.1. The lowest BCUT2D eigenvalue weighted by molar-refractivity contribution is 0.0698. The van der Waals surface area contributed by atoms with Gasteiger partial charge < -0.3 is 10.4 Å². The Morgan fingerprint density at radius 2 is 1.64 bits per heavy atom. The van der Waals surface area contributed by atoms with Gasteiger partial charge in [-0.25, -0.2) is 4.79 Å². The summed E-state index contributed by atoms with van der Waals surface area (Å²) >= 11 is 1.36. The molecule has 1 aromatic heterocycles. The van der Waals surface area contributed by atoms with E-state index in [-0.39, 0.29) is 11.5 Å². The zero-order chi connectivity index (χ0) is 19.7. The topological polar surface area (TPSA) is 66.4 Å². The zero-order valence-corrected chi connectivity index (χ0v) is 15.9. The predicted molar refractivity (Wildman–Crippen MR) is 113 cm³/mol. The van der Waals surface area contributed by atoms with E-state index in [4.69, 9.17) is 0 Å². The molecule has 4 rings (SSSR count). The quantitative estimate of drug-likeness (QED) is 0.463. The Morgan fingerprint density at radius 1 is 0.929 bits per heavy atom. The molecule has 4 aromatic rings. The number of rotatable bonds is 4. The first-order chi connectivity index (χ1) is 13.5. The van der Waals surface area contributed by atoms with Gasteiger partial charge in [-0.15, -0.1) is 11.3 Å². The van der Waals surface area contributed by atoms with Gasteiger partial charge >= 0.3 is 5.97 Å². The van der Waals surface area contributed by atoms with E-state index in [9.17, 15) is 14.7 Å². The summed E-state index contributed by atoms with van der Waals surface area (Å²) in [6.45, 7) is 1.92. The van der Waals surface area contributed by atoms with Gasteiger partial charge in [-0.2, -0.15) is 0 Å². The number of benzene rings is 3. The number of hydrogen-bond donors (Lipinski definition) is 2. The molecular formula is C23H17NO3S. The number of aromatic carboxylic acids is 1. The van der Waals surface area contributed by atoms with Crippen molar-refractivity contribution in [1.29, 1.82) is 0 Å². The Hall–Kier alpha value is -3.44. The lowest BCUT2D eigenvalue weighted by Crippen LogP contribution is -2.14. The molecule has 2 N–H and O–H groups in total. The number of thiophene rings is 1. The molecule has 0 spiro atoms. The average Bonchev–Trinajstić information content (AvgIpc) is 3.09. The molecule has 0 saturated heterocycles. The Bertz CT molecular complexity index is 1210. The average molecular weight is 387 g/mol. The first-order valence-corrected chi connectivity index (χ1v) is 9.63. The molecule has 0 saturated carbocycles. The van der Waals surface area contributed by atoms with Crippen molar-refractivity contribution in [3.8, 4) is 11.1 Å². The summed E-state index contributed by atoms with van der Waals surface area (Å²) < 4.78 is 0. The van der Waals surface area contributed by atoms with Crippen molar-refractivity contribution in [2.45, 2.75) is 6.92 Å². The van der Waals surface area contributed by atoms with Gasteiger partial charge in [-0.1, -0.05) is 48.5 Å². The van der Waals surface area contributed by atoms with Crippen LogP contribution in [0.5, 0.6) is 0 Å². The minimum Gasteiger partial charge on any atom is -0.478 e. The van der Waals surface area contributed by atoms with E-state index in [1.807, 2.05) is 24.4 Å². The lowest BCUT2D eigenvalue weighted by atomic mass is 10.00.